The first-order valence-corrected chi connectivity index (χ1v) is 15.9. The molecule has 4 aromatic rings. The van der Waals surface area contributed by atoms with Gasteiger partial charge in [0.15, 0.2) is 5.69 Å². The molecular formula is C28H31ClN8O4S. The summed E-state index contributed by atoms with van der Waals surface area (Å²) in [6, 6.07) is 6.39. The van der Waals surface area contributed by atoms with Gasteiger partial charge in [-0.05, 0) is 56.4 Å². The van der Waals surface area contributed by atoms with Gasteiger partial charge >= 0.3 is 0 Å². The number of nitrogens with one attached hydrogen (secondary N) is 2. The van der Waals surface area contributed by atoms with Crippen LogP contribution in [-0.2, 0) is 36.7 Å². The molecule has 1 aromatic carbocycles. The van der Waals surface area contributed by atoms with E-state index in [1.165, 1.54) is 18.9 Å². The zero-order valence-electron chi connectivity index (χ0n) is 23.7. The van der Waals surface area contributed by atoms with Crippen molar-refractivity contribution in [1.29, 1.82) is 0 Å². The summed E-state index contributed by atoms with van der Waals surface area (Å²) in [4.78, 5) is 37.6. The quantitative estimate of drug-likeness (QED) is 0.287. The van der Waals surface area contributed by atoms with Gasteiger partial charge in [-0.15, -0.1) is 0 Å². The molecule has 1 atom stereocenters. The molecule has 1 aliphatic carbocycles. The molecule has 0 unspecified atom stereocenters. The maximum Gasteiger partial charge on any atom is 0.285 e. The highest BCUT2D eigenvalue weighted by Crippen LogP contribution is 2.34. The summed E-state index contributed by atoms with van der Waals surface area (Å²) >= 11 is 6.03. The van der Waals surface area contributed by atoms with E-state index in [9.17, 15) is 18.0 Å². The minimum absolute atomic E-state index is 0.0366. The number of aromatic nitrogens is 5. The van der Waals surface area contributed by atoms with Crippen LogP contribution in [0.2, 0.25) is 5.15 Å². The zero-order chi connectivity index (χ0) is 29.9. The number of rotatable bonds is 8. The third-order valence-electron chi connectivity index (χ3n) is 7.67. The van der Waals surface area contributed by atoms with Gasteiger partial charge in [0.1, 0.15) is 5.15 Å². The SMILES string of the molecule is Cc1cc([C@@H](C)Nc2ccc(Cl)nc2C(=O)NS(C)(=O)=O)c2nc(N3Cc4cnn(CC5CC5)c4C3)n(C)c(=O)c2c1. The third kappa shape index (κ3) is 5.45. The highest BCUT2D eigenvalue weighted by atomic mass is 35.5. The molecule has 4 heterocycles. The molecule has 12 nitrogen and oxygen atoms in total. The fraction of sp³-hybridized carbons (Fsp3) is 0.393. The Labute approximate surface area is 247 Å². The molecule has 0 radical (unpaired) electrons. The number of hydrogen-bond donors (Lipinski definition) is 2. The Balaban J connectivity index is 1.37. The smallest absolute Gasteiger partial charge is 0.285 e. The second-order valence-corrected chi connectivity index (χ2v) is 13.4. The Morgan fingerprint density at radius 2 is 1.95 bits per heavy atom. The Kier molecular flexibility index (Phi) is 6.97. The van der Waals surface area contributed by atoms with Crippen LogP contribution < -0.4 is 20.5 Å². The van der Waals surface area contributed by atoms with Crippen molar-refractivity contribution in [2.75, 3.05) is 16.5 Å². The van der Waals surface area contributed by atoms with Crippen molar-refractivity contribution < 1.29 is 13.2 Å². The summed E-state index contributed by atoms with van der Waals surface area (Å²) in [5.41, 5.74) is 4.39. The van der Waals surface area contributed by atoms with Crippen LogP contribution in [-0.4, -0.2) is 44.9 Å². The molecule has 1 saturated carbocycles. The fourth-order valence-electron chi connectivity index (χ4n) is 5.46. The standard InChI is InChI=1S/C28H31ClN8O4S/c1-15-9-19(16(2)31-21-7-8-23(29)32-25(21)26(38)34-42(4,40)41)24-20(10-15)27(39)35(3)28(33-24)36-13-18-11-30-37(22(18)14-36)12-17-5-6-17/h7-11,16-17,31H,5-6,12-14H2,1-4H3,(H,34,38)/t16-/m1/s1. The van der Waals surface area contributed by atoms with E-state index in [-0.39, 0.29) is 22.1 Å². The van der Waals surface area contributed by atoms with Gasteiger partial charge in [-0.25, -0.2) is 23.1 Å². The predicted octanol–water partition coefficient (Wildman–Crippen LogP) is 3.28. The molecule has 1 amide bonds. The molecule has 3 aromatic heterocycles. The van der Waals surface area contributed by atoms with Gasteiger partial charge in [0, 0.05) is 31.3 Å². The van der Waals surface area contributed by atoms with E-state index in [1.807, 2.05) is 36.9 Å². The molecule has 2 aliphatic rings. The van der Waals surface area contributed by atoms with Crippen molar-refractivity contribution in [3.05, 3.63) is 74.0 Å². The molecule has 14 heteroatoms. The number of sulfonamides is 1. The van der Waals surface area contributed by atoms with Crippen molar-refractivity contribution in [3.8, 4) is 0 Å². The summed E-state index contributed by atoms with van der Waals surface area (Å²) in [7, 11) is -2.09. The van der Waals surface area contributed by atoms with E-state index in [2.05, 4.69) is 25.0 Å². The van der Waals surface area contributed by atoms with Crippen molar-refractivity contribution in [2.24, 2.45) is 13.0 Å². The van der Waals surface area contributed by atoms with Gasteiger partial charge in [-0.1, -0.05) is 17.7 Å². The largest absolute Gasteiger partial charge is 0.377 e. The van der Waals surface area contributed by atoms with Gasteiger partial charge in [0.05, 0.1) is 47.3 Å². The van der Waals surface area contributed by atoms with Crippen molar-refractivity contribution in [3.63, 3.8) is 0 Å². The number of fused-ring (bicyclic) bond motifs is 2. The van der Waals surface area contributed by atoms with E-state index in [4.69, 9.17) is 16.6 Å². The molecular weight excluding hydrogens is 580 g/mol. The van der Waals surface area contributed by atoms with E-state index in [1.54, 1.807) is 17.7 Å². The number of halogens is 1. The Bertz CT molecular complexity index is 1920. The van der Waals surface area contributed by atoms with Crippen LogP contribution in [0, 0.1) is 12.8 Å². The second kappa shape index (κ2) is 10.4. The summed E-state index contributed by atoms with van der Waals surface area (Å²) < 4.78 is 29.0. The number of pyridine rings is 1. The number of amides is 1. The lowest BCUT2D eigenvalue weighted by Gasteiger charge is -2.23. The van der Waals surface area contributed by atoms with E-state index >= 15 is 0 Å². The summed E-state index contributed by atoms with van der Waals surface area (Å²) in [6.45, 7) is 5.91. The Hall–Kier alpha value is -3.97. The minimum atomic E-state index is -3.83. The monoisotopic (exact) mass is 610 g/mol. The van der Waals surface area contributed by atoms with E-state index in [0.29, 0.717) is 35.9 Å². The minimum Gasteiger partial charge on any atom is -0.377 e. The van der Waals surface area contributed by atoms with E-state index in [0.717, 1.165) is 35.2 Å². The Morgan fingerprint density at radius 3 is 2.67 bits per heavy atom. The van der Waals surface area contributed by atoms with Crippen molar-refractivity contribution in [2.45, 2.75) is 52.4 Å². The number of carbonyl (C=O) groups excluding carboxylic acids is 1. The molecule has 1 aliphatic heterocycles. The average molecular weight is 611 g/mol. The van der Waals surface area contributed by atoms with Crippen LogP contribution in [0.15, 0.2) is 35.3 Å². The summed E-state index contributed by atoms with van der Waals surface area (Å²) in [5, 5.41) is 8.35. The van der Waals surface area contributed by atoms with Crippen LogP contribution in [0.1, 0.15) is 58.7 Å². The number of carbonyl (C=O) groups is 1. The first-order valence-electron chi connectivity index (χ1n) is 13.6. The van der Waals surface area contributed by atoms with Gasteiger partial charge in [0.2, 0.25) is 16.0 Å². The van der Waals surface area contributed by atoms with Crippen LogP contribution in [0.3, 0.4) is 0 Å². The predicted molar refractivity (Wildman–Crippen MR) is 160 cm³/mol. The third-order valence-corrected chi connectivity index (χ3v) is 8.44. The molecule has 220 valence electrons. The number of aryl methyl sites for hydroxylation is 1. The number of anilines is 2. The second-order valence-electron chi connectivity index (χ2n) is 11.2. The van der Waals surface area contributed by atoms with Crippen LogP contribution >= 0.6 is 11.6 Å². The van der Waals surface area contributed by atoms with Gasteiger partial charge in [0.25, 0.3) is 11.5 Å². The molecule has 6 rings (SSSR count). The molecule has 2 N–H and O–H groups in total. The van der Waals surface area contributed by atoms with Crippen LogP contribution in [0.5, 0.6) is 0 Å². The van der Waals surface area contributed by atoms with Gasteiger partial charge in [-0.3, -0.25) is 18.8 Å². The topological polar surface area (TPSA) is 144 Å². The lowest BCUT2D eigenvalue weighted by atomic mass is 10.0. The maximum absolute atomic E-state index is 13.7. The first kappa shape index (κ1) is 28.2. The number of nitrogens with zero attached hydrogens (tertiary/aromatic N) is 6. The molecule has 0 spiro atoms. The molecule has 0 bridgehead atoms. The van der Waals surface area contributed by atoms with Crippen molar-refractivity contribution in [1.82, 2.24) is 29.0 Å². The molecule has 1 fully saturated rings. The fourth-order valence-corrected chi connectivity index (χ4v) is 6.04. The lowest BCUT2D eigenvalue weighted by Crippen LogP contribution is -2.31. The normalized spacial score (nSPS) is 15.6. The van der Waals surface area contributed by atoms with Gasteiger partial charge in [-0.2, -0.15) is 5.10 Å². The zero-order valence-corrected chi connectivity index (χ0v) is 25.3. The van der Waals surface area contributed by atoms with Crippen LogP contribution in [0.4, 0.5) is 11.6 Å². The Morgan fingerprint density at radius 1 is 1.19 bits per heavy atom. The molecule has 42 heavy (non-hydrogen) atoms. The average Bonchev–Trinajstić information content (AvgIpc) is 3.52. The lowest BCUT2D eigenvalue weighted by molar-refractivity contribution is 0.0977. The van der Waals surface area contributed by atoms with Crippen molar-refractivity contribution >= 4 is 50.1 Å². The molecule has 0 saturated heterocycles. The number of hydrogen-bond acceptors (Lipinski definition) is 9. The highest BCUT2D eigenvalue weighted by Gasteiger charge is 2.30. The highest BCUT2D eigenvalue weighted by molar-refractivity contribution is 7.89. The van der Waals surface area contributed by atoms with E-state index < -0.39 is 22.0 Å². The van der Waals surface area contributed by atoms with Crippen LogP contribution in [0.25, 0.3) is 10.9 Å². The summed E-state index contributed by atoms with van der Waals surface area (Å²) in [5.74, 6) is 0.340. The maximum atomic E-state index is 13.7. The van der Waals surface area contributed by atoms with Gasteiger partial charge < -0.3 is 10.2 Å². The summed E-state index contributed by atoms with van der Waals surface area (Å²) in [6.07, 6.45) is 5.28. The number of benzene rings is 1. The first-order chi connectivity index (χ1) is 19.9.